The van der Waals surface area contributed by atoms with Crippen molar-refractivity contribution in [1.29, 1.82) is 0 Å². The van der Waals surface area contributed by atoms with Crippen molar-refractivity contribution in [2.45, 2.75) is 13.0 Å². The first-order chi connectivity index (χ1) is 6.74. The quantitative estimate of drug-likeness (QED) is 0.760. The number of hydrogen-bond donors (Lipinski definition) is 1. The summed E-state index contributed by atoms with van der Waals surface area (Å²) < 4.78 is 5.52. The van der Waals surface area contributed by atoms with Crippen LogP contribution in [0.4, 0.5) is 0 Å². The SMILES string of the molecule is CSCCOc1ccc([C@H](C)N)cc1. The molecule has 3 heteroatoms. The van der Waals surface area contributed by atoms with Crippen molar-refractivity contribution in [1.82, 2.24) is 0 Å². The van der Waals surface area contributed by atoms with Gasteiger partial charge in [-0.1, -0.05) is 12.1 Å². The van der Waals surface area contributed by atoms with Crippen LogP contribution in [-0.2, 0) is 0 Å². The van der Waals surface area contributed by atoms with Gasteiger partial charge in [0, 0.05) is 11.8 Å². The van der Waals surface area contributed by atoms with Crippen molar-refractivity contribution in [3.05, 3.63) is 29.8 Å². The molecule has 0 fully saturated rings. The van der Waals surface area contributed by atoms with E-state index in [0.717, 1.165) is 23.7 Å². The third-order valence-corrected chi connectivity index (χ3v) is 2.54. The monoisotopic (exact) mass is 211 g/mol. The second kappa shape index (κ2) is 5.94. The van der Waals surface area contributed by atoms with E-state index < -0.39 is 0 Å². The molecule has 0 bridgehead atoms. The number of thioether (sulfide) groups is 1. The molecule has 0 spiro atoms. The van der Waals surface area contributed by atoms with Gasteiger partial charge in [0.05, 0.1) is 6.61 Å². The van der Waals surface area contributed by atoms with Gasteiger partial charge in [-0.25, -0.2) is 0 Å². The lowest BCUT2D eigenvalue weighted by Crippen LogP contribution is -2.05. The lowest BCUT2D eigenvalue weighted by Gasteiger charge is -2.08. The van der Waals surface area contributed by atoms with Crippen LogP contribution in [0.2, 0.25) is 0 Å². The highest BCUT2D eigenvalue weighted by Gasteiger charge is 1.98. The summed E-state index contributed by atoms with van der Waals surface area (Å²) in [7, 11) is 0. The minimum absolute atomic E-state index is 0.0928. The standard InChI is InChI=1S/C11H17NOS/c1-9(12)10-3-5-11(6-4-10)13-7-8-14-2/h3-6,9H,7-8,12H2,1-2H3/t9-/m0/s1. The summed E-state index contributed by atoms with van der Waals surface area (Å²) in [6.07, 6.45) is 2.07. The molecule has 1 rings (SSSR count). The molecule has 0 aliphatic carbocycles. The van der Waals surface area contributed by atoms with Crippen molar-refractivity contribution >= 4 is 11.8 Å². The Balaban J connectivity index is 2.47. The second-order valence-electron chi connectivity index (χ2n) is 3.20. The summed E-state index contributed by atoms with van der Waals surface area (Å²) >= 11 is 1.78. The number of rotatable bonds is 5. The lowest BCUT2D eigenvalue weighted by atomic mass is 10.1. The Labute approximate surface area is 89.8 Å². The molecule has 78 valence electrons. The Morgan fingerprint density at radius 2 is 2.00 bits per heavy atom. The second-order valence-corrected chi connectivity index (χ2v) is 4.18. The molecule has 1 aromatic carbocycles. The van der Waals surface area contributed by atoms with Gasteiger partial charge in [0.1, 0.15) is 5.75 Å². The fourth-order valence-corrected chi connectivity index (χ4v) is 1.36. The van der Waals surface area contributed by atoms with Crippen molar-refractivity contribution in [2.24, 2.45) is 5.73 Å². The van der Waals surface area contributed by atoms with Crippen LogP contribution >= 0.6 is 11.8 Å². The molecule has 0 radical (unpaired) electrons. The summed E-state index contributed by atoms with van der Waals surface area (Å²) in [5, 5.41) is 0. The molecule has 1 atom stereocenters. The summed E-state index contributed by atoms with van der Waals surface area (Å²) in [6.45, 7) is 2.74. The van der Waals surface area contributed by atoms with Crippen molar-refractivity contribution in [3.8, 4) is 5.75 Å². The van der Waals surface area contributed by atoms with E-state index in [1.54, 1.807) is 11.8 Å². The predicted molar refractivity (Wildman–Crippen MR) is 62.9 cm³/mol. The van der Waals surface area contributed by atoms with E-state index in [-0.39, 0.29) is 6.04 Å². The molecule has 0 aliphatic heterocycles. The van der Waals surface area contributed by atoms with Crippen LogP contribution in [0.5, 0.6) is 5.75 Å². The average Bonchev–Trinajstić information content (AvgIpc) is 2.19. The Kier molecular flexibility index (Phi) is 4.84. The fourth-order valence-electron chi connectivity index (χ4n) is 1.11. The van der Waals surface area contributed by atoms with Crippen LogP contribution in [0.3, 0.4) is 0 Å². The van der Waals surface area contributed by atoms with E-state index in [0.29, 0.717) is 0 Å². The zero-order chi connectivity index (χ0) is 10.4. The summed E-state index contributed by atoms with van der Waals surface area (Å²) in [4.78, 5) is 0. The van der Waals surface area contributed by atoms with Gasteiger partial charge in [-0.15, -0.1) is 0 Å². The highest BCUT2D eigenvalue weighted by molar-refractivity contribution is 7.98. The van der Waals surface area contributed by atoms with Gasteiger partial charge < -0.3 is 10.5 Å². The van der Waals surface area contributed by atoms with Gasteiger partial charge in [-0.2, -0.15) is 11.8 Å². The first-order valence-electron chi connectivity index (χ1n) is 4.71. The molecule has 0 saturated carbocycles. The molecular weight excluding hydrogens is 194 g/mol. The Hall–Kier alpha value is -0.670. The minimum atomic E-state index is 0.0928. The van der Waals surface area contributed by atoms with E-state index in [1.807, 2.05) is 31.2 Å². The highest BCUT2D eigenvalue weighted by atomic mass is 32.2. The molecule has 0 heterocycles. The van der Waals surface area contributed by atoms with Gasteiger partial charge in [0.2, 0.25) is 0 Å². The van der Waals surface area contributed by atoms with Gasteiger partial charge in [-0.3, -0.25) is 0 Å². The largest absolute Gasteiger partial charge is 0.493 e. The molecule has 2 nitrogen and oxygen atoms in total. The minimum Gasteiger partial charge on any atom is -0.493 e. The van der Waals surface area contributed by atoms with Crippen LogP contribution in [0.15, 0.2) is 24.3 Å². The first kappa shape index (κ1) is 11.4. The molecule has 14 heavy (non-hydrogen) atoms. The van der Waals surface area contributed by atoms with Crippen molar-refractivity contribution in [3.63, 3.8) is 0 Å². The lowest BCUT2D eigenvalue weighted by molar-refractivity contribution is 0.344. The molecule has 0 amide bonds. The number of ether oxygens (including phenoxy) is 1. The van der Waals surface area contributed by atoms with E-state index >= 15 is 0 Å². The topological polar surface area (TPSA) is 35.2 Å². The molecular formula is C11H17NOS. The van der Waals surface area contributed by atoms with Gasteiger partial charge in [0.15, 0.2) is 0 Å². The van der Waals surface area contributed by atoms with Crippen LogP contribution in [0.25, 0.3) is 0 Å². The van der Waals surface area contributed by atoms with Crippen molar-refractivity contribution in [2.75, 3.05) is 18.6 Å². The molecule has 0 aliphatic rings. The van der Waals surface area contributed by atoms with E-state index in [4.69, 9.17) is 10.5 Å². The third kappa shape index (κ3) is 3.60. The van der Waals surface area contributed by atoms with Crippen LogP contribution in [0.1, 0.15) is 18.5 Å². The van der Waals surface area contributed by atoms with Crippen LogP contribution in [0, 0.1) is 0 Å². The smallest absolute Gasteiger partial charge is 0.119 e. The molecule has 0 unspecified atom stereocenters. The summed E-state index contributed by atoms with van der Waals surface area (Å²) in [5.74, 6) is 1.94. The molecule has 1 aromatic rings. The van der Waals surface area contributed by atoms with E-state index in [9.17, 15) is 0 Å². The highest BCUT2D eigenvalue weighted by Crippen LogP contribution is 2.16. The average molecular weight is 211 g/mol. The third-order valence-electron chi connectivity index (χ3n) is 1.96. The van der Waals surface area contributed by atoms with E-state index in [1.165, 1.54) is 0 Å². The van der Waals surface area contributed by atoms with Crippen LogP contribution in [-0.4, -0.2) is 18.6 Å². The van der Waals surface area contributed by atoms with Crippen LogP contribution < -0.4 is 10.5 Å². The maximum atomic E-state index is 5.74. The Morgan fingerprint density at radius 3 is 2.50 bits per heavy atom. The molecule has 2 N–H and O–H groups in total. The number of nitrogens with two attached hydrogens (primary N) is 1. The number of benzene rings is 1. The van der Waals surface area contributed by atoms with Crippen molar-refractivity contribution < 1.29 is 4.74 Å². The molecule has 0 aromatic heterocycles. The predicted octanol–water partition coefficient (Wildman–Crippen LogP) is 2.45. The van der Waals surface area contributed by atoms with Gasteiger partial charge in [0.25, 0.3) is 0 Å². The Bertz CT molecular complexity index is 258. The maximum absolute atomic E-state index is 5.74. The Morgan fingerprint density at radius 1 is 1.36 bits per heavy atom. The molecule has 0 saturated heterocycles. The zero-order valence-electron chi connectivity index (χ0n) is 8.69. The normalized spacial score (nSPS) is 12.5. The first-order valence-corrected chi connectivity index (χ1v) is 6.10. The number of hydrogen-bond acceptors (Lipinski definition) is 3. The van der Waals surface area contributed by atoms with Gasteiger partial charge >= 0.3 is 0 Å². The summed E-state index contributed by atoms with van der Waals surface area (Å²) in [5.41, 5.74) is 6.88. The van der Waals surface area contributed by atoms with E-state index in [2.05, 4.69) is 6.26 Å². The zero-order valence-corrected chi connectivity index (χ0v) is 9.51. The fraction of sp³-hybridized carbons (Fsp3) is 0.455. The summed E-state index contributed by atoms with van der Waals surface area (Å²) in [6, 6.07) is 8.06. The van der Waals surface area contributed by atoms with Gasteiger partial charge in [-0.05, 0) is 30.9 Å². The maximum Gasteiger partial charge on any atom is 0.119 e.